The third-order valence-electron chi connectivity index (χ3n) is 3.71. The molecule has 1 aliphatic rings. The molecular formula is C17H19FN2O3. The Balaban J connectivity index is 1.52. The maximum atomic E-state index is 12.8. The van der Waals surface area contributed by atoms with Crippen molar-refractivity contribution in [2.75, 3.05) is 13.1 Å². The van der Waals surface area contributed by atoms with Crippen LogP contribution in [0, 0.1) is 5.82 Å². The number of carbonyl (C=O) groups excluding carboxylic acids is 1. The summed E-state index contributed by atoms with van der Waals surface area (Å²) in [5.41, 5.74) is 0. The standard InChI is InChI=1S/C17H19FN2O3/c18-12-3-5-14(6-4-12)22-11-15-7-8-16(23-15)17(21)20-13-2-1-9-19-10-13/h3-8,13,19H,1-2,9-11H2,(H,20,21). The Morgan fingerprint density at radius 3 is 2.87 bits per heavy atom. The van der Waals surface area contributed by atoms with E-state index in [4.69, 9.17) is 9.15 Å². The molecule has 122 valence electrons. The van der Waals surface area contributed by atoms with Crippen molar-refractivity contribution < 1.29 is 18.3 Å². The molecule has 1 amide bonds. The number of nitrogens with one attached hydrogen (secondary N) is 2. The molecule has 2 aromatic rings. The van der Waals surface area contributed by atoms with Crippen LogP contribution >= 0.6 is 0 Å². The lowest BCUT2D eigenvalue weighted by Crippen LogP contribution is -2.45. The highest BCUT2D eigenvalue weighted by atomic mass is 19.1. The minimum Gasteiger partial charge on any atom is -0.486 e. The van der Waals surface area contributed by atoms with Gasteiger partial charge >= 0.3 is 0 Å². The third kappa shape index (κ3) is 4.32. The summed E-state index contributed by atoms with van der Waals surface area (Å²) in [4.78, 5) is 12.1. The van der Waals surface area contributed by atoms with Gasteiger partial charge in [0.2, 0.25) is 0 Å². The average Bonchev–Trinajstić information content (AvgIpc) is 3.04. The van der Waals surface area contributed by atoms with Crippen LogP contribution in [0.15, 0.2) is 40.8 Å². The minimum atomic E-state index is -0.313. The number of furan rings is 1. The molecule has 1 aliphatic heterocycles. The fourth-order valence-corrected chi connectivity index (χ4v) is 2.49. The van der Waals surface area contributed by atoms with Gasteiger partial charge in [0.15, 0.2) is 5.76 Å². The van der Waals surface area contributed by atoms with Crippen LogP contribution < -0.4 is 15.4 Å². The van der Waals surface area contributed by atoms with Gasteiger partial charge in [0.25, 0.3) is 5.91 Å². The van der Waals surface area contributed by atoms with E-state index < -0.39 is 0 Å². The normalized spacial score (nSPS) is 17.7. The molecule has 2 heterocycles. The van der Waals surface area contributed by atoms with Crippen molar-refractivity contribution in [3.8, 4) is 5.75 Å². The molecule has 1 aromatic heterocycles. The predicted octanol–water partition coefficient (Wildman–Crippen LogP) is 2.48. The fraction of sp³-hybridized carbons (Fsp3) is 0.353. The van der Waals surface area contributed by atoms with Crippen LogP contribution in [0.1, 0.15) is 29.2 Å². The highest BCUT2D eigenvalue weighted by molar-refractivity contribution is 5.91. The van der Waals surface area contributed by atoms with E-state index in [1.165, 1.54) is 12.1 Å². The number of amides is 1. The zero-order valence-electron chi connectivity index (χ0n) is 12.7. The predicted molar refractivity (Wildman–Crippen MR) is 82.8 cm³/mol. The monoisotopic (exact) mass is 318 g/mol. The van der Waals surface area contributed by atoms with E-state index in [0.29, 0.717) is 11.5 Å². The van der Waals surface area contributed by atoms with E-state index in [-0.39, 0.29) is 30.1 Å². The smallest absolute Gasteiger partial charge is 0.287 e. The molecule has 5 nitrogen and oxygen atoms in total. The summed E-state index contributed by atoms with van der Waals surface area (Å²) in [5.74, 6) is 0.829. The van der Waals surface area contributed by atoms with Crippen molar-refractivity contribution in [2.45, 2.75) is 25.5 Å². The molecule has 6 heteroatoms. The van der Waals surface area contributed by atoms with E-state index in [1.54, 1.807) is 24.3 Å². The lowest BCUT2D eigenvalue weighted by Gasteiger charge is -2.23. The molecule has 1 aromatic carbocycles. The molecular weight excluding hydrogens is 299 g/mol. The topological polar surface area (TPSA) is 63.5 Å². The molecule has 2 N–H and O–H groups in total. The largest absolute Gasteiger partial charge is 0.486 e. The van der Waals surface area contributed by atoms with Crippen molar-refractivity contribution in [1.29, 1.82) is 0 Å². The Bertz CT molecular complexity index is 648. The van der Waals surface area contributed by atoms with Crippen molar-refractivity contribution in [2.24, 2.45) is 0 Å². The molecule has 0 radical (unpaired) electrons. The highest BCUT2D eigenvalue weighted by Crippen LogP contribution is 2.15. The van der Waals surface area contributed by atoms with Gasteiger partial charge in [-0.05, 0) is 55.8 Å². The number of carbonyl (C=O) groups is 1. The first kappa shape index (κ1) is 15.6. The van der Waals surface area contributed by atoms with Crippen molar-refractivity contribution in [1.82, 2.24) is 10.6 Å². The zero-order valence-corrected chi connectivity index (χ0v) is 12.7. The van der Waals surface area contributed by atoms with Crippen LogP contribution in [0.5, 0.6) is 5.75 Å². The van der Waals surface area contributed by atoms with Gasteiger partial charge < -0.3 is 19.8 Å². The van der Waals surface area contributed by atoms with Crippen LogP contribution in [0.3, 0.4) is 0 Å². The van der Waals surface area contributed by atoms with E-state index in [1.807, 2.05) is 0 Å². The lowest BCUT2D eigenvalue weighted by atomic mass is 10.1. The van der Waals surface area contributed by atoms with Crippen LogP contribution in [0.25, 0.3) is 0 Å². The first-order valence-electron chi connectivity index (χ1n) is 7.69. The second-order valence-corrected chi connectivity index (χ2v) is 5.53. The summed E-state index contributed by atoms with van der Waals surface area (Å²) in [5, 5.41) is 6.20. The van der Waals surface area contributed by atoms with Gasteiger partial charge in [0.1, 0.15) is 23.9 Å². The Hall–Kier alpha value is -2.34. The number of piperidine rings is 1. The maximum absolute atomic E-state index is 12.8. The maximum Gasteiger partial charge on any atom is 0.287 e. The summed E-state index contributed by atoms with van der Waals surface area (Å²) >= 11 is 0. The van der Waals surface area contributed by atoms with Gasteiger partial charge in [0, 0.05) is 12.6 Å². The summed E-state index contributed by atoms with van der Waals surface area (Å²) in [6.45, 7) is 1.97. The van der Waals surface area contributed by atoms with E-state index in [9.17, 15) is 9.18 Å². The third-order valence-corrected chi connectivity index (χ3v) is 3.71. The van der Waals surface area contributed by atoms with Gasteiger partial charge in [0.05, 0.1) is 0 Å². The van der Waals surface area contributed by atoms with Crippen LogP contribution in [0.2, 0.25) is 0 Å². The molecule has 0 bridgehead atoms. The minimum absolute atomic E-state index is 0.139. The van der Waals surface area contributed by atoms with Crippen LogP contribution in [-0.4, -0.2) is 25.0 Å². The SMILES string of the molecule is O=C(NC1CCCNC1)c1ccc(COc2ccc(F)cc2)o1. The van der Waals surface area contributed by atoms with Gasteiger partial charge in [-0.2, -0.15) is 0 Å². The number of ether oxygens (including phenoxy) is 1. The molecule has 0 saturated carbocycles. The summed E-state index contributed by atoms with van der Waals surface area (Å²) in [6, 6.07) is 9.22. The Kier molecular flexibility index (Phi) is 4.92. The van der Waals surface area contributed by atoms with E-state index in [0.717, 1.165) is 25.9 Å². The number of rotatable bonds is 5. The number of hydrogen-bond acceptors (Lipinski definition) is 4. The molecule has 3 rings (SSSR count). The van der Waals surface area contributed by atoms with Crippen molar-refractivity contribution in [3.05, 3.63) is 53.7 Å². The van der Waals surface area contributed by atoms with Gasteiger partial charge in [-0.1, -0.05) is 0 Å². The highest BCUT2D eigenvalue weighted by Gasteiger charge is 2.18. The van der Waals surface area contributed by atoms with Crippen molar-refractivity contribution in [3.63, 3.8) is 0 Å². The van der Waals surface area contributed by atoms with Crippen molar-refractivity contribution >= 4 is 5.91 Å². The van der Waals surface area contributed by atoms with E-state index in [2.05, 4.69) is 10.6 Å². The molecule has 1 fully saturated rings. The molecule has 0 aliphatic carbocycles. The lowest BCUT2D eigenvalue weighted by molar-refractivity contribution is 0.0898. The molecule has 0 spiro atoms. The van der Waals surface area contributed by atoms with E-state index >= 15 is 0 Å². The van der Waals surface area contributed by atoms with Gasteiger partial charge in [-0.15, -0.1) is 0 Å². The quantitative estimate of drug-likeness (QED) is 0.889. The molecule has 1 atom stereocenters. The second-order valence-electron chi connectivity index (χ2n) is 5.53. The first-order chi connectivity index (χ1) is 11.2. The number of halogens is 1. The number of benzene rings is 1. The van der Waals surface area contributed by atoms with Crippen LogP contribution in [-0.2, 0) is 6.61 Å². The summed E-state index contributed by atoms with van der Waals surface area (Å²) in [7, 11) is 0. The Morgan fingerprint density at radius 1 is 1.30 bits per heavy atom. The summed E-state index contributed by atoms with van der Waals surface area (Å²) < 4.78 is 23.8. The Labute approximate surface area is 133 Å². The molecule has 1 saturated heterocycles. The van der Waals surface area contributed by atoms with Crippen LogP contribution in [0.4, 0.5) is 4.39 Å². The average molecular weight is 318 g/mol. The fourth-order valence-electron chi connectivity index (χ4n) is 2.49. The van der Waals surface area contributed by atoms with Gasteiger partial charge in [-0.25, -0.2) is 4.39 Å². The Morgan fingerprint density at radius 2 is 2.13 bits per heavy atom. The zero-order chi connectivity index (χ0) is 16.1. The molecule has 1 unspecified atom stereocenters. The second kappa shape index (κ2) is 7.28. The molecule has 23 heavy (non-hydrogen) atoms. The van der Waals surface area contributed by atoms with Gasteiger partial charge in [-0.3, -0.25) is 4.79 Å². The number of hydrogen-bond donors (Lipinski definition) is 2. The summed E-state index contributed by atoms with van der Waals surface area (Å²) in [6.07, 6.45) is 2.03. The first-order valence-corrected chi connectivity index (χ1v) is 7.69.